The Labute approximate surface area is 123 Å². The second-order valence-corrected chi connectivity index (χ2v) is 5.59. The van der Waals surface area contributed by atoms with Gasteiger partial charge in [-0.1, -0.05) is 11.6 Å². The lowest BCUT2D eigenvalue weighted by molar-refractivity contribution is -0.134. The van der Waals surface area contributed by atoms with Gasteiger partial charge in [0, 0.05) is 44.3 Å². The Bertz CT molecular complexity index is 511. The third-order valence-corrected chi connectivity index (χ3v) is 3.75. The SMILES string of the molecule is CN(C)C(=O)C1CCN(C(=O)c2cc(Cl)ccn2)CC1. The normalized spacial score (nSPS) is 16.1. The van der Waals surface area contributed by atoms with Crippen molar-refractivity contribution in [2.75, 3.05) is 27.2 Å². The molecule has 0 spiro atoms. The summed E-state index contributed by atoms with van der Waals surface area (Å²) in [4.78, 5) is 31.5. The molecule has 0 saturated carbocycles. The number of carbonyl (C=O) groups is 2. The third kappa shape index (κ3) is 3.28. The van der Waals surface area contributed by atoms with Gasteiger partial charge in [-0.15, -0.1) is 0 Å². The Morgan fingerprint density at radius 1 is 1.35 bits per heavy atom. The van der Waals surface area contributed by atoms with Crippen molar-refractivity contribution in [1.82, 2.24) is 14.8 Å². The van der Waals surface area contributed by atoms with Crippen LogP contribution in [0.1, 0.15) is 23.3 Å². The fourth-order valence-electron chi connectivity index (χ4n) is 2.38. The van der Waals surface area contributed by atoms with Gasteiger partial charge in [-0.25, -0.2) is 0 Å². The van der Waals surface area contributed by atoms with E-state index in [1.807, 2.05) is 0 Å². The van der Waals surface area contributed by atoms with Crippen molar-refractivity contribution in [3.63, 3.8) is 0 Å². The molecule has 20 heavy (non-hydrogen) atoms. The van der Waals surface area contributed by atoms with Crippen LogP contribution in [0, 0.1) is 5.92 Å². The second kappa shape index (κ2) is 6.22. The number of hydrogen-bond acceptors (Lipinski definition) is 3. The second-order valence-electron chi connectivity index (χ2n) is 5.16. The lowest BCUT2D eigenvalue weighted by Gasteiger charge is -2.32. The average Bonchev–Trinajstić information content (AvgIpc) is 2.46. The van der Waals surface area contributed by atoms with Gasteiger partial charge < -0.3 is 9.80 Å². The minimum atomic E-state index is -0.122. The monoisotopic (exact) mass is 295 g/mol. The number of halogens is 1. The molecule has 1 aliphatic rings. The summed E-state index contributed by atoms with van der Waals surface area (Å²) >= 11 is 5.87. The van der Waals surface area contributed by atoms with Gasteiger partial charge in [0.15, 0.2) is 0 Å². The summed E-state index contributed by atoms with van der Waals surface area (Å²) in [6.45, 7) is 1.16. The van der Waals surface area contributed by atoms with Crippen molar-refractivity contribution < 1.29 is 9.59 Å². The van der Waals surface area contributed by atoms with Crippen LogP contribution in [0.5, 0.6) is 0 Å². The zero-order chi connectivity index (χ0) is 14.7. The largest absolute Gasteiger partial charge is 0.349 e. The molecule has 0 bridgehead atoms. The maximum Gasteiger partial charge on any atom is 0.272 e. The molecule has 0 unspecified atom stereocenters. The van der Waals surface area contributed by atoms with Crippen LogP contribution in [-0.2, 0) is 4.79 Å². The van der Waals surface area contributed by atoms with Crippen LogP contribution in [0.25, 0.3) is 0 Å². The van der Waals surface area contributed by atoms with Crippen LogP contribution in [0.4, 0.5) is 0 Å². The quantitative estimate of drug-likeness (QED) is 0.834. The molecule has 1 aliphatic heterocycles. The van der Waals surface area contributed by atoms with E-state index in [1.54, 1.807) is 36.0 Å². The van der Waals surface area contributed by atoms with E-state index in [0.29, 0.717) is 36.6 Å². The van der Waals surface area contributed by atoms with E-state index in [0.717, 1.165) is 0 Å². The highest BCUT2D eigenvalue weighted by molar-refractivity contribution is 6.30. The number of likely N-dealkylation sites (tertiary alicyclic amines) is 1. The van der Waals surface area contributed by atoms with Crippen LogP contribution >= 0.6 is 11.6 Å². The Morgan fingerprint density at radius 2 is 2.00 bits per heavy atom. The van der Waals surface area contributed by atoms with E-state index in [9.17, 15) is 9.59 Å². The fraction of sp³-hybridized carbons (Fsp3) is 0.500. The highest BCUT2D eigenvalue weighted by Gasteiger charge is 2.28. The summed E-state index contributed by atoms with van der Waals surface area (Å²) in [7, 11) is 3.52. The molecule has 1 fully saturated rings. The van der Waals surface area contributed by atoms with Gasteiger partial charge in [-0.3, -0.25) is 14.6 Å². The molecule has 1 aromatic heterocycles. The summed E-state index contributed by atoms with van der Waals surface area (Å²) in [6.07, 6.45) is 2.92. The molecule has 0 aromatic carbocycles. The van der Waals surface area contributed by atoms with E-state index >= 15 is 0 Å². The number of piperidine rings is 1. The number of carbonyl (C=O) groups excluding carboxylic acids is 2. The number of pyridine rings is 1. The minimum Gasteiger partial charge on any atom is -0.349 e. The molecule has 1 aromatic rings. The summed E-state index contributed by atoms with van der Waals surface area (Å²) in [5, 5.41) is 0.501. The highest BCUT2D eigenvalue weighted by Crippen LogP contribution is 2.20. The van der Waals surface area contributed by atoms with Gasteiger partial charge in [0.05, 0.1) is 0 Å². The fourth-order valence-corrected chi connectivity index (χ4v) is 2.54. The maximum absolute atomic E-state index is 12.3. The van der Waals surface area contributed by atoms with Gasteiger partial charge in [0.2, 0.25) is 5.91 Å². The molecule has 2 heterocycles. The van der Waals surface area contributed by atoms with Crippen molar-refractivity contribution in [3.8, 4) is 0 Å². The zero-order valence-electron chi connectivity index (χ0n) is 11.7. The molecule has 0 atom stereocenters. The molecular formula is C14H18ClN3O2. The first-order chi connectivity index (χ1) is 9.49. The lowest BCUT2D eigenvalue weighted by atomic mass is 9.95. The summed E-state index contributed by atoms with van der Waals surface area (Å²) in [5.74, 6) is 0.0302. The first-order valence-electron chi connectivity index (χ1n) is 6.61. The van der Waals surface area contributed by atoms with Gasteiger partial charge in [-0.2, -0.15) is 0 Å². The molecule has 0 N–H and O–H groups in total. The highest BCUT2D eigenvalue weighted by atomic mass is 35.5. The van der Waals surface area contributed by atoms with Gasteiger partial charge in [-0.05, 0) is 25.0 Å². The Morgan fingerprint density at radius 3 is 2.55 bits per heavy atom. The molecule has 5 nitrogen and oxygen atoms in total. The number of nitrogens with zero attached hydrogens (tertiary/aromatic N) is 3. The van der Waals surface area contributed by atoms with E-state index in [4.69, 9.17) is 11.6 Å². The number of aromatic nitrogens is 1. The molecule has 2 rings (SSSR count). The lowest BCUT2D eigenvalue weighted by Crippen LogP contribution is -2.43. The number of hydrogen-bond donors (Lipinski definition) is 0. The molecular weight excluding hydrogens is 278 g/mol. The standard InChI is InChI=1S/C14H18ClN3O2/c1-17(2)13(19)10-4-7-18(8-5-10)14(20)12-9-11(15)3-6-16-12/h3,6,9-10H,4-5,7-8H2,1-2H3. The third-order valence-electron chi connectivity index (χ3n) is 3.51. The molecule has 6 heteroatoms. The van der Waals surface area contributed by atoms with Crippen molar-refractivity contribution in [3.05, 3.63) is 29.0 Å². The zero-order valence-corrected chi connectivity index (χ0v) is 12.4. The van der Waals surface area contributed by atoms with Crippen molar-refractivity contribution in [2.24, 2.45) is 5.92 Å². The number of rotatable bonds is 2. The molecule has 108 valence electrons. The summed E-state index contributed by atoms with van der Waals surface area (Å²) in [5.41, 5.74) is 0.356. The van der Waals surface area contributed by atoms with Crippen LogP contribution in [0.15, 0.2) is 18.3 Å². The average molecular weight is 296 g/mol. The first kappa shape index (κ1) is 14.8. The van der Waals surface area contributed by atoms with E-state index in [-0.39, 0.29) is 17.7 Å². The maximum atomic E-state index is 12.3. The minimum absolute atomic E-state index is 0.0152. The Kier molecular flexibility index (Phi) is 4.60. The predicted molar refractivity (Wildman–Crippen MR) is 76.6 cm³/mol. The molecule has 0 radical (unpaired) electrons. The smallest absolute Gasteiger partial charge is 0.272 e. The Hall–Kier alpha value is -1.62. The first-order valence-corrected chi connectivity index (χ1v) is 6.99. The molecule has 2 amide bonds. The summed E-state index contributed by atoms with van der Waals surface area (Å²) < 4.78 is 0. The van der Waals surface area contributed by atoms with Crippen LogP contribution in [-0.4, -0.2) is 53.8 Å². The van der Waals surface area contributed by atoms with Gasteiger partial charge >= 0.3 is 0 Å². The molecule has 0 aliphatic carbocycles. The Balaban J connectivity index is 1.97. The van der Waals surface area contributed by atoms with Gasteiger partial charge in [0.1, 0.15) is 5.69 Å². The van der Waals surface area contributed by atoms with Crippen molar-refractivity contribution in [2.45, 2.75) is 12.8 Å². The van der Waals surface area contributed by atoms with E-state index in [2.05, 4.69) is 4.98 Å². The van der Waals surface area contributed by atoms with E-state index < -0.39 is 0 Å². The van der Waals surface area contributed by atoms with Gasteiger partial charge in [0.25, 0.3) is 5.91 Å². The van der Waals surface area contributed by atoms with Crippen LogP contribution in [0.2, 0.25) is 5.02 Å². The number of amides is 2. The topological polar surface area (TPSA) is 53.5 Å². The van der Waals surface area contributed by atoms with Crippen molar-refractivity contribution >= 4 is 23.4 Å². The molecule has 1 saturated heterocycles. The van der Waals surface area contributed by atoms with E-state index in [1.165, 1.54) is 6.20 Å². The van der Waals surface area contributed by atoms with Crippen LogP contribution < -0.4 is 0 Å². The van der Waals surface area contributed by atoms with Crippen LogP contribution in [0.3, 0.4) is 0 Å². The predicted octanol–water partition coefficient (Wildman–Crippen LogP) is 1.68. The summed E-state index contributed by atoms with van der Waals surface area (Å²) in [6, 6.07) is 3.21. The van der Waals surface area contributed by atoms with Crippen molar-refractivity contribution in [1.29, 1.82) is 0 Å².